The van der Waals surface area contributed by atoms with Crippen LogP contribution < -0.4 is 11.2 Å². The molecule has 0 bridgehead atoms. The van der Waals surface area contributed by atoms with Crippen molar-refractivity contribution in [3.8, 4) is 0 Å². The van der Waals surface area contributed by atoms with Gasteiger partial charge in [-0.15, -0.1) is 0 Å². The summed E-state index contributed by atoms with van der Waals surface area (Å²) >= 11 is 12.1. The van der Waals surface area contributed by atoms with Crippen LogP contribution in [0.1, 0.15) is 11.1 Å². The Hall–Kier alpha value is -2.82. The highest BCUT2D eigenvalue weighted by atomic mass is 35.5. The Morgan fingerprint density at radius 3 is 2.21 bits per heavy atom. The molecule has 4 rings (SSSR count). The molecule has 1 heterocycles. The largest absolute Gasteiger partial charge is 0.331 e. The number of fused-ring (bicyclic) bond motifs is 1. The Bertz CT molecular complexity index is 1290. The third-order valence-corrected chi connectivity index (χ3v) is 5.66. The van der Waals surface area contributed by atoms with E-state index in [4.69, 9.17) is 23.2 Å². The number of para-hydroxylation sites is 1. The van der Waals surface area contributed by atoms with Crippen LogP contribution in [0, 0.1) is 0 Å². The Balaban J connectivity index is 1.81. The second-order valence-corrected chi connectivity index (χ2v) is 7.64. The average Bonchev–Trinajstić information content (AvgIpc) is 2.74. The van der Waals surface area contributed by atoms with Crippen molar-refractivity contribution in [2.24, 2.45) is 0 Å². The molecule has 0 atom stereocenters. The smallest absolute Gasteiger partial charge is 0.293 e. The molecule has 3 aromatic carbocycles. The van der Waals surface area contributed by atoms with Crippen LogP contribution in [0.25, 0.3) is 10.9 Å². The highest BCUT2D eigenvalue weighted by Crippen LogP contribution is 2.22. The van der Waals surface area contributed by atoms with Crippen molar-refractivity contribution >= 4 is 34.1 Å². The highest BCUT2D eigenvalue weighted by Gasteiger charge is 2.13. The van der Waals surface area contributed by atoms with Gasteiger partial charge in [-0.05, 0) is 41.8 Å². The molecule has 29 heavy (non-hydrogen) atoms. The number of halogens is 2. The van der Waals surface area contributed by atoms with E-state index in [1.54, 1.807) is 34.9 Å². The van der Waals surface area contributed by atoms with E-state index >= 15 is 0 Å². The first kappa shape index (κ1) is 19.5. The summed E-state index contributed by atoms with van der Waals surface area (Å²) in [5.41, 5.74) is 1.86. The summed E-state index contributed by atoms with van der Waals surface area (Å²) in [6.07, 6.45) is 0.690. The molecule has 0 aliphatic rings. The van der Waals surface area contributed by atoms with E-state index in [-0.39, 0.29) is 17.8 Å². The Morgan fingerprint density at radius 2 is 1.45 bits per heavy atom. The zero-order valence-corrected chi connectivity index (χ0v) is 17.0. The molecule has 0 aliphatic carbocycles. The number of rotatable bonds is 5. The molecule has 0 fully saturated rings. The molecular formula is C23H18Cl2N2O2. The predicted molar refractivity (Wildman–Crippen MR) is 118 cm³/mol. The number of hydrogen-bond acceptors (Lipinski definition) is 2. The lowest BCUT2D eigenvalue weighted by atomic mass is 10.1. The first-order chi connectivity index (χ1) is 14.0. The molecule has 0 unspecified atom stereocenters. The summed E-state index contributed by atoms with van der Waals surface area (Å²) in [4.78, 5) is 26.3. The minimum Gasteiger partial charge on any atom is -0.293 e. The monoisotopic (exact) mass is 424 g/mol. The third kappa shape index (κ3) is 4.00. The summed E-state index contributed by atoms with van der Waals surface area (Å²) in [6, 6.07) is 22.3. The van der Waals surface area contributed by atoms with Crippen molar-refractivity contribution in [2.45, 2.75) is 19.5 Å². The molecule has 1 aromatic heterocycles. The molecule has 6 heteroatoms. The minimum absolute atomic E-state index is 0.130. The van der Waals surface area contributed by atoms with Crippen LogP contribution in [0.4, 0.5) is 0 Å². The lowest BCUT2D eigenvalue weighted by Crippen LogP contribution is -2.40. The van der Waals surface area contributed by atoms with E-state index in [2.05, 4.69) is 0 Å². The first-order valence-corrected chi connectivity index (χ1v) is 10.0. The van der Waals surface area contributed by atoms with Gasteiger partial charge in [-0.1, -0.05) is 71.7 Å². The van der Waals surface area contributed by atoms with Crippen LogP contribution in [-0.2, 0) is 19.5 Å². The zero-order chi connectivity index (χ0) is 20.4. The minimum atomic E-state index is -0.337. The van der Waals surface area contributed by atoms with E-state index < -0.39 is 0 Å². The Morgan fingerprint density at radius 1 is 0.724 bits per heavy atom. The SMILES string of the molecule is O=c1c2ccccc2n(CCc2ccccc2)c(=O)n1Cc1ccc(Cl)c(Cl)c1. The van der Waals surface area contributed by atoms with E-state index in [0.717, 1.165) is 11.1 Å². The lowest BCUT2D eigenvalue weighted by Gasteiger charge is -2.14. The van der Waals surface area contributed by atoms with Gasteiger partial charge in [0.15, 0.2) is 0 Å². The van der Waals surface area contributed by atoms with Gasteiger partial charge in [0.25, 0.3) is 5.56 Å². The van der Waals surface area contributed by atoms with Gasteiger partial charge in [-0.25, -0.2) is 4.79 Å². The number of aromatic nitrogens is 2. The normalized spacial score (nSPS) is 11.1. The maximum atomic E-state index is 13.2. The summed E-state index contributed by atoms with van der Waals surface area (Å²) < 4.78 is 2.92. The maximum absolute atomic E-state index is 13.2. The first-order valence-electron chi connectivity index (χ1n) is 9.25. The average molecular weight is 425 g/mol. The number of hydrogen-bond donors (Lipinski definition) is 0. The molecule has 146 valence electrons. The van der Waals surface area contributed by atoms with Crippen molar-refractivity contribution in [2.75, 3.05) is 0 Å². The Labute approximate surface area is 177 Å². The molecule has 0 saturated carbocycles. The van der Waals surface area contributed by atoms with Crippen molar-refractivity contribution in [1.82, 2.24) is 9.13 Å². The van der Waals surface area contributed by atoms with Gasteiger partial charge >= 0.3 is 5.69 Å². The van der Waals surface area contributed by atoms with Crippen molar-refractivity contribution in [3.63, 3.8) is 0 Å². The van der Waals surface area contributed by atoms with Crippen molar-refractivity contribution in [3.05, 3.63) is 115 Å². The van der Waals surface area contributed by atoms with Gasteiger partial charge in [0, 0.05) is 6.54 Å². The van der Waals surface area contributed by atoms with Crippen LogP contribution in [0.15, 0.2) is 82.4 Å². The Kier molecular flexibility index (Phi) is 5.56. The number of aryl methyl sites for hydroxylation is 2. The summed E-state index contributed by atoms with van der Waals surface area (Å²) in [7, 11) is 0. The predicted octanol–water partition coefficient (Wildman–Crippen LogP) is 4.76. The fourth-order valence-electron chi connectivity index (χ4n) is 3.43. The summed E-state index contributed by atoms with van der Waals surface area (Å²) in [5.74, 6) is 0. The van der Waals surface area contributed by atoms with Gasteiger partial charge in [-0.3, -0.25) is 13.9 Å². The van der Waals surface area contributed by atoms with Crippen LogP contribution in [0.3, 0.4) is 0 Å². The summed E-state index contributed by atoms with van der Waals surface area (Å²) in [6.45, 7) is 0.607. The van der Waals surface area contributed by atoms with Gasteiger partial charge < -0.3 is 0 Å². The fourth-order valence-corrected chi connectivity index (χ4v) is 3.75. The molecular weight excluding hydrogens is 407 g/mol. The van der Waals surface area contributed by atoms with E-state index in [1.165, 1.54) is 4.57 Å². The van der Waals surface area contributed by atoms with Crippen LogP contribution >= 0.6 is 23.2 Å². The zero-order valence-electron chi connectivity index (χ0n) is 15.5. The second-order valence-electron chi connectivity index (χ2n) is 6.83. The topological polar surface area (TPSA) is 44.0 Å². The van der Waals surface area contributed by atoms with Crippen molar-refractivity contribution < 1.29 is 0 Å². The van der Waals surface area contributed by atoms with Gasteiger partial charge in [0.1, 0.15) is 0 Å². The van der Waals surface area contributed by atoms with Crippen LogP contribution in [-0.4, -0.2) is 9.13 Å². The highest BCUT2D eigenvalue weighted by molar-refractivity contribution is 6.42. The lowest BCUT2D eigenvalue weighted by molar-refractivity contribution is 0.600. The van der Waals surface area contributed by atoms with E-state index in [1.807, 2.05) is 42.5 Å². The number of benzene rings is 3. The molecule has 0 spiro atoms. The molecule has 0 radical (unpaired) electrons. The van der Waals surface area contributed by atoms with Crippen LogP contribution in [0.5, 0.6) is 0 Å². The molecule has 0 aliphatic heterocycles. The quantitative estimate of drug-likeness (QED) is 0.463. The maximum Gasteiger partial charge on any atom is 0.331 e. The fraction of sp³-hybridized carbons (Fsp3) is 0.130. The van der Waals surface area contributed by atoms with Gasteiger partial charge in [-0.2, -0.15) is 0 Å². The van der Waals surface area contributed by atoms with Gasteiger partial charge in [0.05, 0.1) is 27.5 Å². The summed E-state index contributed by atoms with van der Waals surface area (Å²) in [5, 5.41) is 1.34. The molecule has 0 saturated heterocycles. The molecule has 0 N–H and O–H groups in total. The van der Waals surface area contributed by atoms with E-state index in [9.17, 15) is 9.59 Å². The number of nitrogens with zero attached hydrogens (tertiary/aromatic N) is 2. The van der Waals surface area contributed by atoms with Crippen molar-refractivity contribution in [1.29, 1.82) is 0 Å². The molecule has 4 nitrogen and oxygen atoms in total. The molecule has 0 amide bonds. The second kappa shape index (κ2) is 8.27. The van der Waals surface area contributed by atoms with Gasteiger partial charge in [0.2, 0.25) is 0 Å². The third-order valence-electron chi connectivity index (χ3n) is 4.92. The van der Waals surface area contributed by atoms with Crippen LogP contribution in [0.2, 0.25) is 10.0 Å². The molecule has 4 aromatic rings. The van der Waals surface area contributed by atoms with E-state index in [0.29, 0.717) is 33.9 Å². The standard InChI is InChI=1S/C23H18Cl2N2O2/c24-19-11-10-17(14-20(19)25)15-27-22(28)18-8-4-5-9-21(18)26(23(27)29)13-12-16-6-2-1-3-7-16/h1-11,14H,12-13,15H2.